The summed E-state index contributed by atoms with van der Waals surface area (Å²) < 4.78 is 5.49. The van der Waals surface area contributed by atoms with E-state index in [1.165, 1.54) is 11.3 Å². The second-order valence-electron chi connectivity index (χ2n) is 7.55. The van der Waals surface area contributed by atoms with Crippen molar-refractivity contribution in [2.75, 3.05) is 44.6 Å². The Kier molecular flexibility index (Phi) is 6.99. The molecule has 1 atom stereocenters. The Labute approximate surface area is 185 Å². The maximum Gasteiger partial charge on any atom is 0.251 e. The zero-order valence-electron chi connectivity index (χ0n) is 16.7. The Balaban J connectivity index is 1.22. The third kappa shape index (κ3) is 5.37. The molecule has 2 aliphatic rings. The molecule has 9 heteroatoms. The smallest absolute Gasteiger partial charge is 0.251 e. The van der Waals surface area contributed by atoms with E-state index >= 15 is 0 Å². The van der Waals surface area contributed by atoms with E-state index in [-0.39, 0.29) is 17.9 Å². The molecule has 2 aliphatic heterocycles. The van der Waals surface area contributed by atoms with E-state index in [0.29, 0.717) is 50.9 Å². The molecule has 160 valence electrons. The summed E-state index contributed by atoms with van der Waals surface area (Å²) in [5, 5.41) is 4.20. The van der Waals surface area contributed by atoms with E-state index in [1.807, 2.05) is 29.2 Å². The first-order valence-corrected chi connectivity index (χ1v) is 11.4. The third-order valence-electron chi connectivity index (χ3n) is 5.38. The van der Waals surface area contributed by atoms with Crippen LogP contribution in [0.3, 0.4) is 0 Å². The number of benzene rings is 1. The van der Waals surface area contributed by atoms with Gasteiger partial charge in [-0.15, -0.1) is 11.3 Å². The van der Waals surface area contributed by atoms with Gasteiger partial charge in [0.05, 0.1) is 6.54 Å². The number of carbonyl (C=O) groups is 2. The number of amides is 2. The molecule has 30 heavy (non-hydrogen) atoms. The van der Waals surface area contributed by atoms with Crippen LogP contribution in [0.1, 0.15) is 23.3 Å². The van der Waals surface area contributed by atoms with Crippen molar-refractivity contribution in [3.63, 3.8) is 0 Å². The Morgan fingerprint density at radius 1 is 1.23 bits per heavy atom. The lowest BCUT2D eigenvalue weighted by atomic mass is 10.1. The van der Waals surface area contributed by atoms with Crippen LogP contribution in [0.5, 0.6) is 0 Å². The number of ether oxygens (including phenoxy) is 1. The van der Waals surface area contributed by atoms with Crippen molar-refractivity contribution in [2.45, 2.75) is 25.4 Å². The monoisotopic (exact) mass is 448 g/mol. The van der Waals surface area contributed by atoms with Crippen molar-refractivity contribution < 1.29 is 14.3 Å². The molecular weight excluding hydrogens is 424 g/mol. The summed E-state index contributed by atoms with van der Waals surface area (Å²) in [6, 6.07) is 7.72. The number of halogens is 1. The van der Waals surface area contributed by atoms with Gasteiger partial charge in [0, 0.05) is 55.3 Å². The van der Waals surface area contributed by atoms with Crippen LogP contribution < -0.4 is 5.32 Å². The van der Waals surface area contributed by atoms with Gasteiger partial charge in [-0.05, 0) is 24.5 Å². The number of anilines is 1. The van der Waals surface area contributed by atoms with Crippen molar-refractivity contribution in [1.82, 2.24) is 14.8 Å². The Bertz CT molecular complexity index is 892. The highest BCUT2D eigenvalue weighted by Crippen LogP contribution is 2.24. The van der Waals surface area contributed by atoms with Gasteiger partial charge < -0.3 is 15.0 Å². The van der Waals surface area contributed by atoms with Crippen molar-refractivity contribution >= 4 is 39.9 Å². The van der Waals surface area contributed by atoms with Gasteiger partial charge >= 0.3 is 0 Å². The Morgan fingerprint density at radius 2 is 2.03 bits per heavy atom. The summed E-state index contributed by atoms with van der Waals surface area (Å²) in [5.41, 5.74) is 1.04. The molecule has 0 radical (unpaired) electrons. The van der Waals surface area contributed by atoms with Crippen molar-refractivity contribution in [3.8, 4) is 0 Å². The molecule has 0 bridgehead atoms. The third-order valence-corrected chi connectivity index (χ3v) is 6.66. The average Bonchev–Trinajstić information content (AvgIpc) is 3.42. The van der Waals surface area contributed by atoms with Crippen LogP contribution in [-0.4, -0.2) is 72.0 Å². The summed E-state index contributed by atoms with van der Waals surface area (Å²) in [6.07, 6.45) is 3.96. The Hall–Kier alpha value is -2.00. The molecule has 2 fully saturated rings. The maximum absolute atomic E-state index is 12.4. The number of nitrogens with zero attached hydrogens (tertiary/aromatic N) is 3. The number of hydrogen-bond acceptors (Lipinski definition) is 6. The van der Waals surface area contributed by atoms with Crippen LogP contribution in [0.25, 0.3) is 0 Å². The van der Waals surface area contributed by atoms with Crippen molar-refractivity contribution in [1.29, 1.82) is 0 Å². The van der Waals surface area contributed by atoms with Gasteiger partial charge in [0.2, 0.25) is 5.91 Å². The number of aromatic nitrogens is 1. The minimum Gasteiger partial charge on any atom is -0.368 e. The molecule has 2 amide bonds. The fraction of sp³-hybridized carbons (Fsp3) is 0.476. The minimum absolute atomic E-state index is 0.0884. The second-order valence-corrected chi connectivity index (χ2v) is 9.07. The molecule has 3 heterocycles. The van der Waals surface area contributed by atoms with Gasteiger partial charge in [-0.3, -0.25) is 14.5 Å². The SMILES string of the molecule is O=C(CN1CCN(C(=O)C2CCCO2)CC1)Nc1ncc(Cc2ccccc2Cl)s1. The van der Waals surface area contributed by atoms with Crippen LogP contribution >= 0.6 is 22.9 Å². The van der Waals surface area contributed by atoms with Gasteiger partial charge in [0.25, 0.3) is 5.91 Å². The number of piperazine rings is 1. The number of nitrogens with one attached hydrogen (secondary N) is 1. The fourth-order valence-electron chi connectivity index (χ4n) is 3.74. The predicted molar refractivity (Wildman–Crippen MR) is 117 cm³/mol. The first-order valence-electron chi connectivity index (χ1n) is 10.2. The van der Waals surface area contributed by atoms with E-state index in [4.69, 9.17) is 16.3 Å². The van der Waals surface area contributed by atoms with E-state index in [1.54, 1.807) is 6.20 Å². The molecule has 0 aliphatic carbocycles. The van der Waals surface area contributed by atoms with E-state index in [9.17, 15) is 9.59 Å². The molecule has 2 aromatic rings. The lowest BCUT2D eigenvalue weighted by Gasteiger charge is -2.35. The van der Waals surface area contributed by atoms with E-state index < -0.39 is 0 Å². The van der Waals surface area contributed by atoms with E-state index in [0.717, 1.165) is 28.3 Å². The van der Waals surface area contributed by atoms with Crippen LogP contribution in [0.2, 0.25) is 5.02 Å². The zero-order valence-corrected chi connectivity index (χ0v) is 18.3. The first-order chi connectivity index (χ1) is 14.6. The number of carbonyl (C=O) groups excluding carboxylic acids is 2. The van der Waals surface area contributed by atoms with Crippen LogP contribution in [-0.2, 0) is 20.7 Å². The molecule has 1 N–H and O–H groups in total. The van der Waals surface area contributed by atoms with Crippen LogP contribution in [0, 0.1) is 0 Å². The number of thiazole rings is 1. The average molecular weight is 449 g/mol. The molecule has 1 aromatic heterocycles. The topological polar surface area (TPSA) is 74.8 Å². The second kappa shape index (κ2) is 9.87. The van der Waals surface area contributed by atoms with Gasteiger partial charge in [-0.25, -0.2) is 4.98 Å². The quantitative estimate of drug-likeness (QED) is 0.735. The first kappa shape index (κ1) is 21.2. The normalized spacial score (nSPS) is 19.8. The molecule has 0 spiro atoms. The van der Waals surface area contributed by atoms with Gasteiger partial charge in [0.15, 0.2) is 5.13 Å². The molecule has 2 saturated heterocycles. The molecular formula is C21H25ClN4O3S. The van der Waals surface area contributed by atoms with Crippen molar-refractivity contribution in [2.24, 2.45) is 0 Å². The summed E-state index contributed by atoms with van der Waals surface area (Å²) >= 11 is 7.68. The molecule has 4 rings (SSSR count). The van der Waals surface area contributed by atoms with Crippen LogP contribution in [0.15, 0.2) is 30.5 Å². The van der Waals surface area contributed by atoms with Crippen LogP contribution in [0.4, 0.5) is 5.13 Å². The minimum atomic E-state index is -0.273. The summed E-state index contributed by atoms with van der Waals surface area (Å²) in [6.45, 7) is 3.59. The zero-order chi connectivity index (χ0) is 20.9. The molecule has 1 aromatic carbocycles. The highest BCUT2D eigenvalue weighted by molar-refractivity contribution is 7.15. The summed E-state index contributed by atoms with van der Waals surface area (Å²) in [7, 11) is 0. The Morgan fingerprint density at radius 3 is 2.77 bits per heavy atom. The summed E-state index contributed by atoms with van der Waals surface area (Å²) in [4.78, 5) is 34.1. The number of hydrogen-bond donors (Lipinski definition) is 1. The van der Waals surface area contributed by atoms with E-state index in [2.05, 4.69) is 15.2 Å². The highest BCUT2D eigenvalue weighted by atomic mass is 35.5. The molecule has 1 unspecified atom stereocenters. The molecule has 0 saturated carbocycles. The van der Waals surface area contributed by atoms with Crippen molar-refractivity contribution in [3.05, 3.63) is 45.9 Å². The van der Waals surface area contributed by atoms with Gasteiger partial charge in [-0.2, -0.15) is 0 Å². The fourth-order valence-corrected chi connectivity index (χ4v) is 4.80. The highest BCUT2D eigenvalue weighted by Gasteiger charge is 2.30. The lowest BCUT2D eigenvalue weighted by molar-refractivity contribution is -0.142. The molecule has 7 nitrogen and oxygen atoms in total. The van der Waals surface area contributed by atoms with Gasteiger partial charge in [-0.1, -0.05) is 29.8 Å². The van der Waals surface area contributed by atoms with Gasteiger partial charge in [0.1, 0.15) is 6.10 Å². The standard InChI is InChI=1S/C21H25ClN4O3S/c22-17-5-2-1-4-15(17)12-16-13-23-21(30-16)24-19(27)14-25-7-9-26(10-8-25)20(28)18-6-3-11-29-18/h1-2,4-5,13,18H,3,6-12,14H2,(H,23,24,27). The maximum atomic E-state index is 12.4. The number of rotatable bonds is 6. The predicted octanol–water partition coefficient (Wildman–Crippen LogP) is 2.65. The largest absolute Gasteiger partial charge is 0.368 e. The lowest BCUT2D eigenvalue weighted by Crippen LogP contribution is -2.52. The summed E-state index contributed by atoms with van der Waals surface area (Å²) in [5.74, 6) is -0.00187.